The highest BCUT2D eigenvalue weighted by atomic mass is 16.1. The van der Waals surface area contributed by atoms with Crippen LogP contribution in [0.15, 0.2) is 4.79 Å². The van der Waals surface area contributed by atoms with Gasteiger partial charge in [0.25, 0.3) is 5.56 Å². The van der Waals surface area contributed by atoms with Gasteiger partial charge in [-0.05, 0) is 49.9 Å². The summed E-state index contributed by atoms with van der Waals surface area (Å²) in [5.74, 6) is 2.94. The van der Waals surface area contributed by atoms with Crippen molar-refractivity contribution in [3.8, 4) is 0 Å². The molecule has 0 atom stereocenters. The maximum atomic E-state index is 12.2. The van der Waals surface area contributed by atoms with E-state index in [0.29, 0.717) is 11.3 Å². The number of aromatic amines is 1. The molecule has 4 nitrogen and oxygen atoms in total. The van der Waals surface area contributed by atoms with E-state index in [4.69, 9.17) is 4.98 Å². The Balaban J connectivity index is 1.77. The third kappa shape index (κ3) is 2.99. The lowest BCUT2D eigenvalue weighted by Crippen LogP contribution is -2.29. The Hall–Kier alpha value is -1.32. The summed E-state index contributed by atoms with van der Waals surface area (Å²) in [7, 11) is 0. The fraction of sp³-hybridized carbons (Fsp3) is 0.765. The van der Waals surface area contributed by atoms with Gasteiger partial charge in [-0.25, -0.2) is 4.98 Å². The molecule has 0 spiro atoms. The number of aromatic nitrogens is 2. The monoisotopic (exact) mass is 289 g/mol. The molecule has 0 bridgehead atoms. The first kappa shape index (κ1) is 14.6. The van der Waals surface area contributed by atoms with Crippen molar-refractivity contribution in [2.45, 2.75) is 65.2 Å². The molecule has 2 N–H and O–H groups in total. The summed E-state index contributed by atoms with van der Waals surface area (Å²) in [6.45, 7) is 7.93. The van der Waals surface area contributed by atoms with Gasteiger partial charge in [-0.15, -0.1) is 0 Å². The maximum absolute atomic E-state index is 12.2. The van der Waals surface area contributed by atoms with Gasteiger partial charge in [-0.2, -0.15) is 0 Å². The zero-order valence-electron chi connectivity index (χ0n) is 13.5. The van der Waals surface area contributed by atoms with Gasteiger partial charge in [0.1, 0.15) is 11.6 Å². The third-order valence-corrected chi connectivity index (χ3v) is 5.27. The largest absolute Gasteiger partial charge is 0.370 e. The van der Waals surface area contributed by atoms with Crippen LogP contribution in [0.2, 0.25) is 0 Å². The number of hydrogen-bond donors (Lipinski definition) is 2. The molecule has 1 aromatic heterocycles. The van der Waals surface area contributed by atoms with Crippen molar-refractivity contribution in [1.29, 1.82) is 0 Å². The van der Waals surface area contributed by atoms with Gasteiger partial charge in [0.15, 0.2) is 0 Å². The molecule has 1 aliphatic heterocycles. The van der Waals surface area contributed by atoms with Gasteiger partial charge in [-0.3, -0.25) is 4.79 Å². The molecule has 0 radical (unpaired) electrons. The van der Waals surface area contributed by atoms with E-state index < -0.39 is 0 Å². The summed E-state index contributed by atoms with van der Waals surface area (Å²) < 4.78 is 0. The molecular weight excluding hydrogens is 262 g/mol. The fourth-order valence-corrected chi connectivity index (χ4v) is 3.79. The van der Waals surface area contributed by atoms with E-state index in [0.717, 1.165) is 55.4 Å². The first-order valence-corrected chi connectivity index (χ1v) is 8.32. The van der Waals surface area contributed by atoms with Crippen molar-refractivity contribution in [3.63, 3.8) is 0 Å². The SMILES string of the molecule is CC(C)(C)C1CCC(c2nc3c(c(=O)[nH]2)CCCN3)CC1. The summed E-state index contributed by atoms with van der Waals surface area (Å²) in [5, 5.41) is 3.28. The molecule has 21 heavy (non-hydrogen) atoms. The Kier molecular flexibility index (Phi) is 3.80. The molecule has 2 heterocycles. The summed E-state index contributed by atoms with van der Waals surface area (Å²) in [6, 6.07) is 0. The molecule has 0 aromatic carbocycles. The van der Waals surface area contributed by atoms with E-state index in [1.165, 1.54) is 12.8 Å². The van der Waals surface area contributed by atoms with Crippen molar-refractivity contribution in [1.82, 2.24) is 9.97 Å². The van der Waals surface area contributed by atoms with Crippen LogP contribution in [0.3, 0.4) is 0 Å². The highest BCUT2D eigenvalue weighted by Crippen LogP contribution is 2.42. The molecular formula is C17H27N3O. The van der Waals surface area contributed by atoms with Gasteiger partial charge in [0, 0.05) is 12.5 Å². The van der Waals surface area contributed by atoms with Crippen molar-refractivity contribution in [2.24, 2.45) is 11.3 Å². The molecule has 116 valence electrons. The van der Waals surface area contributed by atoms with Crippen molar-refractivity contribution < 1.29 is 0 Å². The minimum Gasteiger partial charge on any atom is -0.370 e. The molecule has 0 saturated heterocycles. The second-order valence-corrected chi connectivity index (χ2v) is 7.72. The Labute approximate surface area is 126 Å². The van der Waals surface area contributed by atoms with Gasteiger partial charge in [0.2, 0.25) is 0 Å². The quantitative estimate of drug-likeness (QED) is 0.832. The Bertz CT molecular complexity index is 562. The molecule has 1 aromatic rings. The molecule has 1 saturated carbocycles. The van der Waals surface area contributed by atoms with Crippen molar-refractivity contribution in [2.75, 3.05) is 11.9 Å². The molecule has 2 aliphatic rings. The number of nitrogens with zero attached hydrogens (tertiary/aromatic N) is 1. The average Bonchev–Trinajstić information content (AvgIpc) is 2.46. The molecule has 4 heteroatoms. The first-order chi connectivity index (χ1) is 9.95. The third-order valence-electron chi connectivity index (χ3n) is 5.27. The number of H-pyrrole nitrogens is 1. The molecule has 1 aliphatic carbocycles. The second kappa shape index (κ2) is 5.47. The first-order valence-electron chi connectivity index (χ1n) is 8.32. The highest BCUT2D eigenvalue weighted by molar-refractivity contribution is 5.45. The van der Waals surface area contributed by atoms with Crippen LogP contribution in [0, 0.1) is 11.3 Å². The number of rotatable bonds is 1. The van der Waals surface area contributed by atoms with Gasteiger partial charge >= 0.3 is 0 Å². The smallest absolute Gasteiger partial charge is 0.256 e. The number of anilines is 1. The van der Waals surface area contributed by atoms with Crippen LogP contribution < -0.4 is 10.9 Å². The van der Waals surface area contributed by atoms with E-state index in [2.05, 4.69) is 31.1 Å². The summed E-state index contributed by atoms with van der Waals surface area (Å²) >= 11 is 0. The predicted octanol–water partition coefficient (Wildman–Crippen LogP) is 3.45. The predicted molar refractivity (Wildman–Crippen MR) is 85.8 cm³/mol. The van der Waals surface area contributed by atoms with Gasteiger partial charge in [0.05, 0.1) is 5.56 Å². The standard InChI is InChI=1S/C17H27N3O/c1-17(2,3)12-8-6-11(7-9-12)14-19-15-13(16(21)20-14)5-4-10-18-15/h11-12H,4-10H2,1-3H3,(H2,18,19,20,21). The summed E-state index contributed by atoms with van der Waals surface area (Å²) in [6.07, 6.45) is 6.63. The summed E-state index contributed by atoms with van der Waals surface area (Å²) in [4.78, 5) is 20.0. The van der Waals surface area contributed by atoms with Crippen LogP contribution in [-0.4, -0.2) is 16.5 Å². The van der Waals surface area contributed by atoms with Crippen LogP contribution in [0.1, 0.15) is 70.2 Å². The van der Waals surface area contributed by atoms with E-state index in [9.17, 15) is 4.79 Å². The lowest BCUT2D eigenvalue weighted by atomic mass is 9.69. The Morgan fingerprint density at radius 2 is 1.86 bits per heavy atom. The van der Waals surface area contributed by atoms with E-state index >= 15 is 0 Å². The van der Waals surface area contributed by atoms with Gasteiger partial charge in [-0.1, -0.05) is 20.8 Å². The minimum absolute atomic E-state index is 0.0696. The van der Waals surface area contributed by atoms with E-state index in [1.807, 2.05) is 0 Å². The number of hydrogen-bond acceptors (Lipinski definition) is 3. The van der Waals surface area contributed by atoms with E-state index in [1.54, 1.807) is 0 Å². The van der Waals surface area contributed by atoms with Crippen LogP contribution in [0.4, 0.5) is 5.82 Å². The summed E-state index contributed by atoms with van der Waals surface area (Å²) in [5.41, 5.74) is 1.30. The van der Waals surface area contributed by atoms with Crippen LogP contribution in [0.25, 0.3) is 0 Å². The molecule has 0 amide bonds. The van der Waals surface area contributed by atoms with Crippen LogP contribution >= 0.6 is 0 Å². The fourth-order valence-electron chi connectivity index (χ4n) is 3.79. The number of nitrogens with one attached hydrogen (secondary N) is 2. The number of fused-ring (bicyclic) bond motifs is 1. The lowest BCUT2D eigenvalue weighted by molar-refractivity contribution is 0.167. The van der Waals surface area contributed by atoms with E-state index in [-0.39, 0.29) is 5.56 Å². The Morgan fingerprint density at radius 3 is 2.52 bits per heavy atom. The zero-order chi connectivity index (χ0) is 15.0. The average molecular weight is 289 g/mol. The minimum atomic E-state index is 0.0696. The normalized spacial score (nSPS) is 26.0. The lowest BCUT2D eigenvalue weighted by Gasteiger charge is -2.36. The van der Waals surface area contributed by atoms with Crippen molar-refractivity contribution in [3.05, 3.63) is 21.7 Å². The molecule has 0 unspecified atom stereocenters. The maximum Gasteiger partial charge on any atom is 0.256 e. The molecule has 1 fully saturated rings. The molecule has 3 rings (SSSR count). The van der Waals surface area contributed by atoms with Crippen LogP contribution in [0.5, 0.6) is 0 Å². The highest BCUT2D eigenvalue weighted by Gasteiger charge is 2.31. The van der Waals surface area contributed by atoms with Crippen LogP contribution in [-0.2, 0) is 6.42 Å². The van der Waals surface area contributed by atoms with Crippen molar-refractivity contribution >= 4 is 5.82 Å². The second-order valence-electron chi connectivity index (χ2n) is 7.72. The zero-order valence-corrected chi connectivity index (χ0v) is 13.5. The topological polar surface area (TPSA) is 57.8 Å². The van der Waals surface area contributed by atoms with Gasteiger partial charge < -0.3 is 10.3 Å². The Morgan fingerprint density at radius 1 is 1.14 bits per heavy atom.